The normalized spacial score (nSPS) is 19.8. The van der Waals surface area contributed by atoms with E-state index in [2.05, 4.69) is 25.2 Å². The molecule has 7 nitrogen and oxygen atoms in total. The lowest BCUT2D eigenvalue weighted by atomic mass is 10.0. The summed E-state index contributed by atoms with van der Waals surface area (Å²) in [6, 6.07) is 11.7. The zero-order valence-electron chi connectivity index (χ0n) is 19.0. The maximum Gasteiger partial charge on any atom is 0.319 e. The Morgan fingerprint density at radius 1 is 1.12 bits per heavy atom. The SMILES string of the molecule is CCCOc1nc(N2C[C@H]3CC[C@@H](C2)N3)c2cnc(-c3cc(O)cc4ccccc34)c(F)c2n1. The Morgan fingerprint density at radius 3 is 2.71 bits per heavy atom. The van der Waals surface area contributed by atoms with Gasteiger partial charge in [-0.2, -0.15) is 9.97 Å². The highest BCUT2D eigenvalue weighted by Crippen LogP contribution is 2.37. The summed E-state index contributed by atoms with van der Waals surface area (Å²) in [7, 11) is 0. The number of ether oxygens (including phenoxy) is 1. The Kier molecular flexibility index (Phi) is 5.17. The summed E-state index contributed by atoms with van der Waals surface area (Å²) in [4.78, 5) is 15.9. The molecule has 174 valence electrons. The van der Waals surface area contributed by atoms with Crippen molar-refractivity contribution in [1.82, 2.24) is 20.3 Å². The molecule has 4 aromatic rings. The number of nitrogens with one attached hydrogen (secondary N) is 1. The molecule has 8 heteroatoms. The molecule has 0 aliphatic carbocycles. The first kappa shape index (κ1) is 21.0. The fraction of sp³-hybridized carbons (Fsp3) is 0.346. The maximum atomic E-state index is 16.1. The molecule has 0 amide bonds. The molecule has 34 heavy (non-hydrogen) atoms. The standard InChI is InChI=1S/C26H26FN5O2/c1-2-9-34-26-30-24-21(25(31-26)32-13-16-7-8-17(14-32)29-16)12-28-23(22(24)27)20-11-18(33)10-15-5-3-4-6-19(15)20/h3-6,10-12,16-17,29,33H,2,7-9,13-14H2,1H3/t16-,17+. The topological polar surface area (TPSA) is 83.4 Å². The minimum atomic E-state index is -0.545. The van der Waals surface area contributed by atoms with Crippen LogP contribution in [0, 0.1) is 5.82 Å². The number of phenolic OH excluding ortho intramolecular Hbond substituents is 1. The molecule has 4 heterocycles. The van der Waals surface area contributed by atoms with Crippen molar-refractivity contribution in [2.24, 2.45) is 0 Å². The molecule has 2 bridgehead atoms. The number of halogens is 1. The molecule has 2 aliphatic heterocycles. The van der Waals surface area contributed by atoms with Gasteiger partial charge in [-0.25, -0.2) is 4.39 Å². The van der Waals surface area contributed by atoms with Crippen LogP contribution in [0.2, 0.25) is 0 Å². The Morgan fingerprint density at radius 2 is 1.91 bits per heavy atom. The molecule has 2 atom stereocenters. The van der Waals surface area contributed by atoms with Crippen LogP contribution >= 0.6 is 0 Å². The molecule has 0 saturated carbocycles. The van der Waals surface area contributed by atoms with E-state index in [0.29, 0.717) is 35.5 Å². The lowest BCUT2D eigenvalue weighted by Gasteiger charge is -2.34. The van der Waals surface area contributed by atoms with Crippen LogP contribution < -0.4 is 15.0 Å². The summed E-state index contributed by atoms with van der Waals surface area (Å²) < 4.78 is 21.9. The van der Waals surface area contributed by atoms with E-state index in [9.17, 15) is 5.11 Å². The lowest BCUT2D eigenvalue weighted by Crippen LogP contribution is -2.51. The van der Waals surface area contributed by atoms with Crippen molar-refractivity contribution in [3.05, 3.63) is 48.4 Å². The number of phenols is 1. The maximum absolute atomic E-state index is 16.1. The van der Waals surface area contributed by atoms with Gasteiger partial charge in [0.1, 0.15) is 22.8 Å². The fourth-order valence-electron chi connectivity index (χ4n) is 5.17. The number of aromatic hydroxyl groups is 1. The second-order valence-corrected chi connectivity index (χ2v) is 9.12. The number of hydrogen-bond acceptors (Lipinski definition) is 7. The number of rotatable bonds is 5. The fourth-order valence-corrected chi connectivity index (χ4v) is 5.17. The highest BCUT2D eigenvalue weighted by molar-refractivity contribution is 5.99. The van der Waals surface area contributed by atoms with Crippen molar-refractivity contribution >= 4 is 27.5 Å². The molecule has 6 rings (SSSR count). The molecular formula is C26H26FN5O2. The number of aromatic nitrogens is 3. The van der Waals surface area contributed by atoms with Crippen molar-refractivity contribution in [3.8, 4) is 23.0 Å². The Hall–Kier alpha value is -3.52. The Labute approximate surface area is 196 Å². The zero-order valence-corrected chi connectivity index (χ0v) is 19.0. The summed E-state index contributed by atoms with van der Waals surface area (Å²) in [6.07, 6.45) is 4.71. The van der Waals surface area contributed by atoms with Crippen LogP contribution in [0.25, 0.3) is 32.9 Å². The van der Waals surface area contributed by atoms with Gasteiger partial charge >= 0.3 is 6.01 Å². The number of piperazine rings is 1. The number of fused-ring (bicyclic) bond motifs is 4. The number of pyridine rings is 1. The highest BCUT2D eigenvalue weighted by Gasteiger charge is 2.34. The first-order valence-electron chi connectivity index (χ1n) is 11.8. The average Bonchev–Trinajstić information content (AvgIpc) is 3.19. The molecule has 0 radical (unpaired) electrons. The molecule has 2 aliphatic rings. The van der Waals surface area contributed by atoms with Gasteiger partial charge in [0.25, 0.3) is 0 Å². The van der Waals surface area contributed by atoms with Gasteiger partial charge in [-0.05, 0) is 42.2 Å². The quantitative estimate of drug-likeness (QED) is 0.457. The molecule has 2 N–H and O–H groups in total. The van der Waals surface area contributed by atoms with Crippen LogP contribution in [0.1, 0.15) is 26.2 Å². The van der Waals surface area contributed by atoms with Gasteiger partial charge in [-0.1, -0.05) is 31.2 Å². The van der Waals surface area contributed by atoms with Gasteiger partial charge in [0, 0.05) is 36.9 Å². The molecule has 0 spiro atoms. The van der Waals surface area contributed by atoms with Crippen molar-refractivity contribution < 1.29 is 14.2 Å². The first-order chi connectivity index (χ1) is 16.6. The minimum absolute atomic E-state index is 0.0571. The molecule has 2 aromatic carbocycles. The summed E-state index contributed by atoms with van der Waals surface area (Å²) in [5, 5.41) is 16.1. The van der Waals surface area contributed by atoms with E-state index in [-0.39, 0.29) is 23.0 Å². The number of hydrogen-bond donors (Lipinski definition) is 2. The van der Waals surface area contributed by atoms with E-state index >= 15 is 4.39 Å². The van der Waals surface area contributed by atoms with Crippen molar-refractivity contribution in [3.63, 3.8) is 0 Å². The smallest absolute Gasteiger partial charge is 0.319 e. The molecule has 2 aromatic heterocycles. The summed E-state index contributed by atoms with van der Waals surface area (Å²) in [6.45, 7) is 4.06. The van der Waals surface area contributed by atoms with Gasteiger partial charge in [0.05, 0.1) is 12.0 Å². The summed E-state index contributed by atoms with van der Waals surface area (Å²) in [5.74, 6) is 0.172. The van der Waals surface area contributed by atoms with Crippen LogP contribution in [0.3, 0.4) is 0 Å². The van der Waals surface area contributed by atoms with Crippen LogP contribution in [0.5, 0.6) is 11.8 Å². The largest absolute Gasteiger partial charge is 0.508 e. The van der Waals surface area contributed by atoms with Gasteiger partial charge in [0.15, 0.2) is 5.82 Å². The van der Waals surface area contributed by atoms with Crippen LogP contribution in [0.15, 0.2) is 42.6 Å². The van der Waals surface area contributed by atoms with Gasteiger partial charge in [0.2, 0.25) is 0 Å². The average molecular weight is 460 g/mol. The monoisotopic (exact) mass is 459 g/mol. The van der Waals surface area contributed by atoms with Crippen LogP contribution in [0.4, 0.5) is 10.2 Å². The highest BCUT2D eigenvalue weighted by atomic mass is 19.1. The zero-order chi connectivity index (χ0) is 23.2. The molecule has 2 fully saturated rings. The van der Waals surface area contributed by atoms with E-state index in [1.165, 1.54) is 0 Å². The predicted octanol–water partition coefficient (Wildman–Crippen LogP) is 4.42. The number of benzene rings is 2. The van der Waals surface area contributed by atoms with E-state index in [1.54, 1.807) is 18.3 Å². The Balaban J connectivity index is 1.54. The van der Waals surface area contributed by atoms with E-state index in [4.69, 9.17) is 4.74 Å². The third-order valence-electron chi connectivity index (χ3n) is 6.70. The number of anilines is 1. The second-order valence-electron chi connectivity index (χ2n) is 9.12. The first-order valence-corrected chi connectivity index (χ1v) is 11.8. The molecular weight excluding hydrogens is 433 g/mol. The van der Waals surface area contributed by atoms with E-state index in [1.807, 2.05) is 31.2 Å². The summed E-state index contributed by atoms with van der Waals surface area (Å²) in [5.41, 5.74) is 0.844. The molecule has 2 saturated heterocycles. The van der Waals surface area contributed by atoms with Crippen molar-refractivity contribution in [2.45, 2.75) is 38.3 Å². The second kappa shape index (κ2) is 8.36. The Bertz CT molecular complexity index is 1380. The van der Waals surface area contributed by atoms with Gasteiger partial charge < -0.3 is 20.1 Å². The lowest BCUT2D eigenvalue weighted by molar-refractivity contribution is 0.293. The van der Waals surface area contributed by atoms with Gasteiger partial charge in [-0.15, -0.1) is 0 Å². The third kappa shape index (κ3) is 3.58. The van der Waals surface area contributed by atoms with Crippen LogP contribution in [-0.4, -0.2) is 51.8 Å². The van der Waals surface area contributed by atoms with E-state index in [0.717, 1.165) is 43.1 Å². The summed E-state index contributed by atoms with van der Waals surface area (Å²) >= 11 is 0. The van der Waals surface area contributed by atoms with E-state index < -0.39 is 5.82 Å². The van der Waals surface area contributed by atoms with Crippen molar-refractivity contribution in [2.75, 3.05) is 24.6 Å². The number of nitrogens with zero attached hydrogens (tertiary/aromatic N) is 4. The van der Waals surface area contributed by atoms with Crippen LogP contribution in [-0.2, 0) is 0 Å². The predicted molar refractivity (Wildman–Crippen MR) is 130 cm³/mol. The molecule has 0 unspecified atom stereocenters. The van der Waals surface area contributed by atoms with Crippen molar-refractivity contribution in [1.29, 1.82) is 0 Å². The van der Waals surface area contributed by atoms with Gasteiger partial charge in [-0.3, -0.25) is 4.98 Å². The third-order valence-corrected chi connectivity index (χ3v) is 6.70. The minimum Gasteiger partial charge on any atom is -0.508 e.